The Morgan fingerprint density at radius 3 is 1.50 bits per heavy atom. The average Bonchev–Trinajstić information content (AvgIpc) is 2.74. The molecule has 0 fully saturated rings. The van der Waals surface area contributed by atoms with Crippen LogP contribution in [-0.4, -0.2) is 25.0 Å². The maximum atomic E-state index is 11.7. The topological polar surface area (TPSA) is 55.4 Å². The van der Waals surface area contributed by atoms with Crippen molar-refractivity contribution in [2.24, 2.45) is 0 Å². The molecule has 0 atom stereocenters. The van der Waals surface area contributed by atoms with Gasteiger partial charge in [-0.15, -0.1) is 0 Å². The number of nitrogens with one attached hydrogen (secondary N) is 1. The third kappa shape index (κ3) is 23.2. The van der Waals surface area contributed by atoms with E-state index in [0.717, 1.165) is 25.7 Å². The van der Waals surface area contributed by atoms with E-state index in [1.807, 2.05) is 0 Å². The summed E-state index contributed by atoms with van der Waals surface area (Å²) in [5.74, 6) is -0.145. The first-order valence-electron chi connectivity index (χ1n) is 13.1. The molecule has 178 valence electrons. The molecule has 30 heavy (non-hydrogen) atoms. The Hall–Kier alpha value is -1.06. The largest absolute Gasteiger partial charge is 0.466 e. The molecule has 1 amide bonds. The Kier molecular flexibility index (Phi) is 23.4. The molecule has 0 radical (unpaired) electrons. The fourth-order valence-electron chi connectivity index (χ4n) is 3.66. The van der Waals surface area contributed by atoms with E-state index in [9.17, 15) is 9.59 Å². The summed E-state index contributed by atoms with van der Waals surface area (Å²) in [7, 11) is 0. The van der Waals surface area contributed by atoms with E-state index in [1.54, 1.807) is 0 Å². The predicted octanol–water partition coefficient (Wildman–Crippen LogP) is 7.49. The van der Waals surface area contributed by atoms with Crippen LogP contribution in [0, 0.1) is 0 Å². The Labute approximate surface area is 187 Å². The first-order valence-corrected chi connectivity index (χ1v) is 13.1. The molecule has 0 unspecified atom stereocenters. The average molecular weight is 426 g/mol. The number of carbonyl (C=O) groups is 2. The summed E-state index contributed by atoms with van der Waals surface area (Å²) in [6.45, 7) is 5.36. The highest BCUT2D eigenvalue weighted by molar-refractivity contribution is 5.76. The SMILES string of the molecule is CCCCCCCCCCCCCCCOC(=O)CCNC(=O)CCCCCCC. The number of esters is 1. The van der Waals surface area contributed by atoms with Crippen LogP contribution in [0.15, 0.2) is 0 Å². The molecule has 0 spiro atoms. The van der Waals surface area contributed by atoms with E-state index in [0.29, 0.717) is 19.6 Å². The lowest BCUT2D eigenvalue weighted by atomic mass is 10.0. The molecule has 0 heterocycles. The zero-order valence-electron chi connectivity index (χ0n) is 20.3. The molecule has 0 aliphatic rings. The Morgan fingerprint density at radius 2 is 1.00 bits per heavy atom. The van der Waals surface area contributed by atoms with Crippen molar-refractivity contribution < 1.29 is 14.3 Å². The van der Waals surface area contributed by atoms with Gasteiger partial charge in [0.15, 0.2) is 0 Å². The molecule has 0 aromatic carbocycles. The summed E-state index contributed by atoms with van der Waals surface area (Å²) >= 11 is 0. The van der Waals surface area contributed by atoms with E-state index < -0.39 is 0 Å². The quantitative estimate of drug-likeness (QED) is 0.136. The second-order valence-corrected chi connectivity index (χ2v) is 8.73. The van der Waals surface area contributed by atoms with Gasteiger partial charge in [0.25, 0.3) is 0 Å². The van der Waals surface area contributed by atoms with Gasteiger partial charge in [0.05, 0.1) is 13.0 Å². The minimum absolute atomic E-state index is 0.0517. The number of amides is 1. The van der Waals surface area contributed by atoms with Gasteiger partial charge in [-0.05, 0) is 12.8 Å². The third-order valence-corrected chi connectivity index (χ3v) is 5.67. The molecule has 0 aromatic rings. The van der Waals surface area contributed by atoms with Crippen LogP contribution < -0.4 is 5.32 Å². The maximum absolute atomic E-state index is 11.7. The number of unbranched alkanes of at least 4 members (excludes halogenated alkanes) is 16. The number of ether oxygens (including phenoxy) is 1. The van der Waals surface area contributed by atoms with Crippen molar-refractivity contribution in [2.75, 3.05) is 13.2 Å². The van der Waals surface area contributed by atoms with Gasteiger partial charge in [0.2, 0.25) is 5.91 Å². The van der Waals surface area contributed by atoms with Gasteiger partial charge in [-0.2, -0.15) is 0 Å². The minimum Gasteiger partial charge on any atom is -0.466 e. The zero-order chi connectivity index (χ0) is 22.1. The molecule has 0 aliphatic heterocycles. The molecule has 0 aliphatic carbocycles. The Morgan fingerprint density at radius 1 is 0.567 bits per heavy atom. The van der Waals surface area contributed by atoms with Crippen LogP contribution in [0.5, 0.6) is 0 Å². The third-order valence-electron chi connectivity index (χ3n) is 5.67. The normalized spacial score (nSPS) is 10.9. The summed E-state index contributed by atoms with van der Waals surface area (Å²) in [6, 6.07) is 0. The van der Waals surface area contributed by atoms with Crippen LogP contribution >= 0.6 is 0 Å². The van der Waals surface area contributed by atoms with Crippen molar-refractivity contribution in [3.05, 3.63) is 0 Å². The second kappa shape index (κ2) is 24.2. The molecule has 4 heteroatoms. The van der Waals surface area contributed by atoms with E-state index in [-0.39, 0.29) is 18.3 Å². The fourth-order valence-corrected chi connectivity index (χ4v) is 3.66. The number of hydrogen-bond donors (Lipinski definition) is 1. The summed E-state index contributed by atoms with van der Waals surface area (Å²) in [6.07, 6.45) is 23.6. The number of carbonyl (C=O) groups excluding carboxylic acids is 2. The molecular weight excluding hydrogens is 374 g/mol. The van der Waals surface area contributed by atoms with E-state index in [4.69, 9.17) is 4.74 Å². The molecule has 1 N–H and O–H groups in total. The van der Waals surface area contributed by atoms with Crippen LogP contribution in [0.4, 0.5) is 0 Å². The molecular formula is C26H51NO3. The Balaban J connectivity index is 3.25. The standard InChI is InChI=1S/C26H51NO3/c1-3-5-7-9-10-11-12-13-14-15-16-18-20-24-30-26(29)22-23-27-25(28)21-19-17-8-6-4-2/h3-24H2,1-2H3,(H,27,28). The fraction of sp³-hybridized carbons (Fsp3) is 0.923. The van der Waals surface area contributed by atoms with Gasteiger partial charge in [-0.1, -0.05) is 117 Å². The molecule has 0 rings (SSSR count). The number of hydrogen-bond acceptors (Lipinski definition) is 3. The number of rotatable bonds is 23. The molecule has 0 saturated heterocycles. The monoisotopic (exact) mass is 425 g/mol. The van der Waals surface area contributed by atoms with Crippen molar-refractivity contribution in [3.63, 3.8) is 0 Å². The van der Waals surface area contributed by atoms with Gasteiger partial charge in [-0.3, -0.25) is 9.59 Å². The summed E-state index contributed by atoms with van der Waals surface area (Å²) in [5, 5.41) is 2.82. The van der Waals surface area contributed by atoms with Gasteiger partial charge in [0, 0.05) is 13.0 Å². The van der Waals surface area contributed by atoms with Crippen molar-refractivity contribution >= 4 is 11.9 Å². The summed E-state index contributed by atoms with van der Waals surface area (Å²) < 4.78 is 5.26. The van der Waals surface area contributed by atoms with Gasteiger partial charge < -0.3 is 10.1 Å². The molecule has 0 bridgehead atoms. The van der Waals surface area contributed by atoms with Gasteiger partial charge >= 0.3 is 5.97 Å². The van der Waals surface area contributed by atoms with Crippen LogP contribution in [0.2, 0.25) is 0 Å². The summed E-state index contributed by atoms with van der Waals surface area (Å²) in [5.41, 5.74) is 0. The lowest BCUT2D eigenvalue weighted by Crippen LogP contribution is -2.26. The van der Waals surface area contributed by atoms with E-state index >= 15 is 0 Å². The van der Waals surface area contributed by atoms with Gasteiger partial charge in [-0.25, -0.2) is 0 Å². The first-order chi connectivity index (χ1) is 14.7. The maximum Gasteiger partial charge on any atom is 0.307 e. The van der Waals surface area contributed by atoms with Crippen molar-refractivity contribution in [1.29, 1.82) is 0 Å². The van der Waals surface area contributed by atoms with Crippen LogP contribution in [-0.2, 0) is 14.3 Å². The lowest BCUT2D eigenvalue weighted by molar-refractivity contribution is -0.143. The van der Waals surface area contributed by atoms with Crippen LogP contribution in [0.1, 0.15) is 142 Å². The van der Waals surface area contributed by atoms with Crippen molar-refractivity contribution in [2.45, 2.75) is 142 Å². The lowest BCUT2D eigenvalue weighted by Gasteiger charge is -2.07. The highest BCUT2D eigenvalue weighted by Crippen LogP contribution is 2.12. The predicted molar refractivity (Wildman–Crippen MR) is 128 cm³/mol. The van der Waals surface area contributed by atoms with E-state index in [1.165, 1.54) is 89.9 Å². The van der Waals surface area contributed by atoms with Crippen molar-refractivity contribution in [3.8, 4) is 0 Å². The first kappa shape index (κ1) is 28.9. The van der Waals surface area contributed by atoms with Crippen LogP contribution in [0.25, 0.3) is 0 Å². The highest BCUT2D eigenvalue weighted by atomic mass is 16.5. The van der Waals surface area contributed by atoms with Crippen LogP contribution in [0.3, 0.4) is 0 Å². The smallest absolute Gasteiger partial charge is 0.307 e. The molecule has 0 saturated carbocycles. The second-order valence-electron chi connectivity index (χ2n) is 8.73. The summed E-state index contributed by atoms with van der Waals surface area (Å²) in [4.78, 5) is 23.4. The Bertz CT molecular complexity index is 384. The highest BCUT2D eigenvalue weighted by Gasteiger charge is 2.05. The minimum atomic E-state index is -0.197. The molecule has 0 aromatic heterocycles. The zero-order valence-corrected chi connectivity index (χ0v) is 20.3. The van der Waals surface area contributed by atoms with Gasteiger partial charge in [0.1, 0.15) is 0 Å². The van der Waals surface area contributed by atoms with Crippen molar-refractivity contribution in [1.82, 2.24) is 5.32 Å². The molecule has 4 nitrogen and oxygen atoms in total. The van der Waals surface area contributed by atoms with E-state index in [2.05, 4.69) is 19.2 Å².